The summed E-state index contributed by atoms with van der Waals surface area (Å²) in [5.41, 5.74) is 5.01. The second-order valence-corrected chi connectivity index (χ2v) is 10.0. The maximum Gasteiger partial charge on any atom is 0.283 e. The highest BCUT2D eigenvalue weighted by atomic mass is 16.5. The van der Waals surface area contributed by atoms with Crippen molar-refractivity contribution in [1.82, 2.24) is 15.1 Å². The first-order valence-corrected chi connectivity index (χ1v) is 12.7. The molecule has 0 amide bonds. The topological polar surface area (TPSA) is 88.0 Å². The molecule has 2 aromatic carbocycles. The third kappa shape index (κ3) is 4.58. The summed E-state index contributed by atoms with van der Waals surface area (Å²) >= 11 is 0. The molecule has 8 nitrogen and oxygen atoms in total. The summed E-state index contributed by atoms with van der Waals surface area (Å²) in [5.74, 6) is 2.58. The lowest BCUT2D eigenvalue weighted by Gasteiger charge is -2.33. The van der Waals surface area contributed by atoms with Crippen LogP contribution in [0.3, 0.4) is 0 Å². The molecule has 1 saturated heterocycles. The number of aromatic nitrogens is 2. The molecule has 0 spiro atoms. The highest BCUT2D eigenvalue weighted by Crippen LogP contribution is 2.35. The Morgan fingerprint density at radius 2 is 1.94 bits per heavy atom. The van der Waals surface area contributed by atoms with Gasteiger partial charge in [-0.2, -0.15) is 0 Å². The van der Waals surface area contributed by atoms with Gasteiger partial charge in [-0.3, -0.25) is 0 Å². The van der Waals surface area contributed by atoms with Crippen LogP contribution in [0, 0.1) is 6.92 Å². The number of piperidine rings is 1. The van der Waals surface area contributed by atoms with E-state index in [-0.39, 0.29) is 6.61 Å². The van der Waals surface area contributed by atoms with Crippen LogP contribution in [-0.4, -0.2) is 66.1 Å². The fourth-order valence-corrected chi connectivity index (χ4v) is 5.49. The van der Waals surface area contributed by atoms with Gasteiger partial charge in [0.05, 0.1) is 5.39 Å². The summed E-state index contributed by atoms with van der Waals surface area (Å²) in [6.07, 6.45) is 2.82. The van der Waals surface area contributed by atoms with Gasteiger partial charge in [-0.1, -0.05) is 18.2 Å². The third-order valence-electron chi connectivity index (χ3n) is 7.45. The van der Waals surface area contributed by atoms with Gasteiger partial charge in [0.1, 0.15) is 24.0 Å². The molecule has 0 radical (unpaired) electrons. The molecule has 1 atom stereocenters. The molecular weight excluding hydrogens is 456 g/mol. The van der Waals surface area contributed by atoms with Gasteiger partial charge in [0.2, 0.25) is 5.89 Å². The molecule has 6 rings (SSSR count). The number of likely N-dealkylation sites (tertiary alicyclic amines) is 1. The van der Waals surface area contributed by atoms with E-state index in [2.05, 4.69) is 45.2 Å². The first-order chi connectivity index (χ1) is 17.5. The molecular formula is C28H32N4O4. The van der Waals surface area contributed by atoms with E-state index in [1.165, 1.54) is 16.8 Å². The molecule has 4 heterocycles. The van der Waals surface area contributed by atoms with Crippen molar-refractivity contribution in [3.05, 3.63) is 59.5 Å². The molecule has 0 unspecified atom stereocenters. The molecule has 1 N–H and O–H groups in total. The fraction of sp³-hybridized carbons (Fsp3) is 0.429. The number of furan rings is 1. The SMILES string of the molecule is Cc1nnc(-c2cc3c(OC[C@@H](O)CN4CCC(c5ccc6c(c5)CCN6C)CC4)cccc3o2)o1. The number of benzene rings is 2. The van der Waals surface area contributed by atoms with E-state index in [1.54, 1.807) is 6.92 Å². The molecule has 1 fully saturated rings. The normalized spacial score (nSPS) is 17.6. The Labute approximate surface area is 210 Å². The van der Waals surface area contributed by atoms with E-state index in [4.69, 9.17) is 13.6 Å². The summed E-state index contributed by atoms with van der Waals surface area (Å²) in [6.45, 7) is 5.66. The van der Waals surface area contributed by atoms with Crippen molar-refractivity contribution in [2.24, 2.45) is 0 Å². The zero-order valence-electron chi connectivity index (χ0n) is 20.8. The van der Waals surface area contributed by atoms with E-state index >= 15 is 0 Å². The van der Waals surface area contributed by atoms with E-state index < -0.39 is 6.10 Å². The summed E-state index contributed by atoms with van der Waals surface area (Å²) in [6, 6.07) is 14.5. The molecule has 0 bridgehead atoms. The van der Waals surface area contributed by atoms with Crippen LogP contribution in [-0.2, 0) is 6.42 Å². The first-order valence-electron chi connectivity index (χ1n) is 12.7. The molecule has 8 heteroatoms. The summed E-state index contributed by atoms with van der Waals surface area (Å²) in [7, 11) is 2.17. The number of nitrogens with zero attached hydrogens (tertiary/aromatic N) is 4. The largest absolute Gasteiger partial charge is 0.490 e. The number of fused-ring (bicyclic) bond motifs is 2. The molecule has 36 heavy (non-hydrogen) atoms. The second kappa shape index (κ2) is 9.59. The van der Waals surface area contributed by atoms with Crippen molar-refractivity contribution in [1.29, 1.82) is 0 Å². The molecule has 188 valence electrons. The Hall–Kier alpha value is -3.36. The van der Waals surface area contributed by atoms with Gasteiger partial charge >= 0.3 is 0 Å². The maximum absolute atomic E-state index is 10.7. The minimum Gasteiger partial charge on any atom is -0.490 e. The monoisotopic (exact) mass is 488 g/mol. The lowest BCUT2D eigenvalue weighted by Crippen LogP contribution is -2.40. The Morgan fingerprint density at radius 3 is 2.75 bits per heavy atom. The number of rotatable bonds is 7. The van der Waals surface area contributed by atoms with Gasteiger partial charge in [-0.15, -0.1) is 10.2 Å². The quantitative estimate of drug-likeness (QED) is 0.410. The number of hydrogen-bond acceptors (Lipinski definition) is 8. The first kappa shape index (κ1) is 23.1. The summed E-state index contributed by atoms with van der Waals surface area (Å²) in [4.78, 5) is 4.69. The number of ether oxygens (including phenoxy) is 1. The van der Waals surface area contributed by atoms with E-state index in [9.17, 15) is 5.11 Å². The van der Waals surface area contributed by atoms with Gasteiger partial charge in [-0.25, -0.2) is 0 Å². The van der Waals surface area contributed by atoms with Crippen molar-refractivity contribution >= 4 is 16.7 Å². The highest BCUT2D eigenvalue weighted by Gasteiger charge is 2.24. The smallest absolute Gasteiger partial charge is 0.283 e. The number of aryl methyl sites for hydroxylation is 1. The standard InChI is InChI=1S/C28H32N4O4/c1-18-29-30-28(35-18)27-15-23-25(4-3-5-26(23)36-27)34-17-22(33)16-32-12-9-19(10-13-32)20-6-7-24-21(14-20)8-11-31(24)2/h3-7,14-15,19,22,33H,8-13,16-17H2,1-2H3/t22-/m0/s1. The fourth-order valence-electron chi connectivity index (χ4n) is 5.49. The number of anilines is 1. The van der Waals surface area contributed by atoms with Crippen molar-refractivity contribution in [2.45, 2.75) is 38.2 Å². The summed E-state index contributed by atoms with van der Waals surface area (Å²) < 4.78 is 17.4. The predicted molar refractivity (Wildman–Crippen MR) is 138 cm³/mol. The van der Waals surface area contributed by atoms with Gasteiger partial charge in [0.15, 0.2) is 5.76 Å². The molecule has 4 aromatic rings. The molecule has 2 aliphatic heterocycles. The number of aliphatic hydroxyl groups is 1. The van der Waals surface area contributed by atoms with Crippen LogP contribution >= 0.6 is 0 Å². The zero-order valence-corrected chi connectivity index (χ0v) is 20.8. The molecule has 0 aliphatic carbocycles. The van der Waals surface area contributed by atoms with Gasteiger partial charge in [0.25, 0.3) is 5.89 Å². The minimum absolute atomic E-state index is 0.220. The van der Waals surface area contributed by atoms with Crippen LogP contribution in [0.15, 0.2) is 51.3 Å². The van der Waals surface area contributed by atoms with Crippen LogP contribution in [0.4, 0.5) is 5.69 Å². The van der Waals surface area contributed by atoms with Crippen molar-refractivity contribution in [3.63, 3.8) is 0 Å². The molecule has 0 saturated carbocycles. The lowest BCUT2D eigenvalue weighted by molar-refractivity contribution is 0.0599. The number of likely N-dealkylation sites (N-methyl/N-ethyl adjacent to an activating group) is 1. The number of β-amino-alcohol motifs (C(OH)–C–C–N with tert-alkyl or cyclic N) is 1. The van der Waals surface area contributed by atoms with Crippen LogP contribution in [0.25, 0.3) is 22.6 Å². The van der Waals surface area contributed by atoms with E-state index in [0.29, 0.717) is 41.3 Å². The maximum atomic E-state index is 10.7. The molecule has 2 aromatic heterocycles. The van der Waals surface area contributed by atoms with Crippen molar-refractivity contribution < 1.29 is 18.7 Å². The highest BCUT2D eigenvalue weighted by molar-refractivity contribution is 5.87. The van der Waals surface area contributed by atoms with Crippen LogP contribution in [0.1, 0.15) is 35.8 Å². The zero-order chi connectivity index (χ0) is 24.6. The van der Waals surface area contributed by atoms with Crippen LogP contribution < -0.4 is 9.64 Å². The molecule has 2 aliphatic rings. The average Bonchev–Trinajstić information content (AvgIpc) is 3.61. The number of hydrogen-bond donors (Lipinski definition) is 1. The van der Waals surface area contributed by atoms with Crippen molar-refractivity contribution in [2.75, 3.05) is 44.7 Å². The van der Waals surface area contributed by atoms with Crippen molar-refractivity contribution in [3.8, 4) is 17.4 Å². The average molecular weight is 489 g/mol. The van der Waals surface area contributed by atoms with Crippen LogP contribution in [0.2, 0.25) is 0 Å². The summed E-state index contributed by atoms with van der Waals surface area (Å²) in [5, 5.41) is 19.4. The Balaban J connectivity index is 1.03. The third-order valence-corrected chi connectivity index (χ3v) is 7.45. The van der Waals surface area contributed by atoms with E-state index in [0.717, 1.165) is 44.3 Å². The lowest BCUT2D eigenvalue weighted by atomic mass is 9.88. The van der Waals surface area contributed by atoms with Gasteiger partial charge in [-0.05, 0) is 67.6 Å². The minimum atomic E-state index is -0.572. The van der Waals surface area contributed by atoms with Crippen LogP contribution in [0.5, 0.6) is 5.75 Å². The Bertz CT molecular complexity index is 1350. The predicted octanol–water partition coefficient (Wildman–Crippen LogP) is 4.40. The van der Waals surface area contributed by atoms with Gasteiger partial charge < -0.3 is 28.5 Å². The van der Waals surface area contributed by atoms with Gasteiger partial charge in [0, 0.05) is 38.8 Å². The van der Waals surface area contributed by atoms with E-state index in [1.807, 2.05) is 24.3 Å². The Morgan fingerprint density at radius 1 is 1.08 bits per heavy atom. The Kier molecular flexibility index (Phi) is 6.15. The number of aliphatic hydroxyl groups excluding tert-OH is 1. The second-order valence-electron chi connectivity index (χ2n) is 10.0.